The third-order valence-corrected chi connectivity index (χ3v) is 5.10. The number of rotatable bonds is 4. The zero-order chi connectivity index (χ0) is 18.1. The number of imidazole rings is 1. The van der Waals surface area contributed by atoms with Crippen molar-refractivity contribution in [2.75, 3.05) is 20.1 Å². The number of nitrogens with one attached hydrogen (secondary N) is 1. The zero-order valence-corrected chi connectivity index (χ0v) is 16.9. The van der Waals surface area contributed by atoms with E-state index in [1.165, 1.54) is 0 Å². The van der Waals surface area contributed by atoms with E-state index >= 15 is 0 Å². The molecule has 1 aliphatic heterocycles. The lowest BCUT2D eigenvalue weighted by molar-refractivity contribution is 0.153. The van der Waals surface area contributed by atoms with Gasteiger partial charge in [-0.3, -0.25) is 0 Å². The maximum Gasteiger partial charge on any atom is 0.404 e. The van der Waals surface area contributed by atoms with Gasteiger partial charge in [-0.15, -0.1) is 0 Å². The summed E-state index contributed by atoms with van der Waals surface area (Å²) < 4.78 is 3.25. The number of likely N-dealkylation sites (N-methyl/N-ethyl adjacent to an activating group) is 1. The molecule has 2 N–H and O–H groups in total. The summed E-state index contributed by atoms with van der Waals surface area (Å²) in [5.74, 6) is 1.56. The Hall–Kier alpha value is -1.42. The molecule has 0 aliphatic carbocycles. The van der Waals surface area contributed by atoms with Crippen LogP contribution in [0.3, 0.4) is 0 Å². The van der Waals surface area contributed by atoms with Crippen LogP contribution in [0.4, 0.5) is 4.79 Å². The molecular formula is C17H24IN5O2. The quantitative estimate of drug-likeness (QED) is 0.545. The molecular weight excluding hydrogens is 433 g/mol. The van der Waals surface area contributed by atoms with Crippen LogP contribution in [0.15, 0.2) is 12.3 Å². The fourth-order valence-corrected chi connectivity index (χ4v) is 4.13. The molecule has 2 unspecified atom stereocenters. The first-order valence-electron chi connectivity index (χ1n) is 8.54. The lowest BCUT2D eigenvalue weighted by Gasteiger charge is -2.37. The van der Waals surface area contributed by atoms with Crippen LogP contribution in [-0.4, -0.2) is 56.8 Å². The van der Waals surface area contributed by atoms with E-state index < -0.39 is 6.09 Å². The van der Waals surface area contributed by atoms with Gasteiger partial charge in [-0.1, -0.05) is 13.8 Å². The molecule has 0 radical (unpaired) electrons. The average Bonchev–Trinajstić information content (AvgIpc) is 2.81. The molecule has 1 aliphatic rings. The van der Waals surface area contributed by atoms with E-state index in [9.17, 15) is 4.79 Å². The summed E-state index contributed by atoms with van der Waals surface area (Å²) >= 11 is 2.22. The van der Waals surface area contributed by atoms with E-state index in [4.69, 9.17) is 10.1 Å². The molecule has 8 heteroatoms. The van der Waals surface area contributed by atoms with E-state index in [-0.39, 0.29) is 12.1 Å². The minimum atomic E-state index is -0.962. The fourth-order valence-electron chi connectivity index (χ4n) is 3.69. The molecule has 0 bridgehead atoms. The van der Waals surface area contributed by atoms with E-state index in [1.54, 1.807) is 0 Å². The summed E-state index contributed by atoms with van der Waals surface area (Å²) in [4.78, 5) is 22.5. The molecule has 7 nitrogen and oxygen atoms in total. The molecule has 0 saturated carbocycles. The Morgan fingerprint density at radius 3 is 2.92 bits per heavy atom. The molecule has 1 amide bonds. The Bertz CT molecular complexity index is 776. The highest BCUT2D eigenvalue weighted by Crippen LogP contribution is 2.29. The number of piperidine rings is 1. The third-order valence-electron chi connectivity index (χ3n) is 4.51. The third kappa shape index (κ3) is 4.22. The minimum absolute atomic E-state index is 0.0773. The Labute approximate surface area is 161 Å². The Balaban J connectivity index is 2.02. The lowest BCUT2D eigenvalue weighted by atomic mass is 10.00. The van der Waals surface area contributed by atoms with Crippen LogP contribution in [0.25, 0.3) is 11.0 Å². The number of aromatic nitrogens is 3. The molecule has 25 heavy (non-hydrogen) atoms. The summed E-state index contributed by atoms with van der Waals surface area (Å²) in [6.07, 6.45) is 2.53. The summed E-state index contributed by atoms with van der Waals surface area (Å²) in [6, 6.07) is 2.18. The topological polar surface area (TPSA) is 83.3 Å². The number of amides is 1. The predicted octanol–water partition coefficient (Wildman–Crippen LogP) is 2.75. The number of hydrogen-bond acceptors (Lipinski definition) is 4. The molecule has 0 spiro atoms. The van der Waals surface area contributed by atoms with Gasteiger partial charge in [-0.05, 0) is 48.0 Å². The molecule has 0 aromatic carbocycles. The van der Waals surface area contributed by atoms with Crippen molar-refractivity contribution in [2.45, 2.75) is 38.8 Å². The van der Waals surface area contributed by atoms with Crippen molar-refractivity contribution in [3.05, 3.63) is 21.8 Å². The molecule has 1 saturated heterocycles. The summed E-state index contributed by atoms with van der Waals surface area (Å²) in [6.45, 7) is 5.99. The Morgan fingerprint density at radius 2 is 2.24 bits per heavy atom. The summed E-state index contributed by atoms with van der Waals surface area (Å²) in [5.41, 5.74) is 2.00. The second-order valence-corrected chi connectivity index (χ2v) is 8.35. The van der Waals surface area contributed by atoms with Gasteiger partial charge in [0.15, 0.2) is 0 Å². The van der Waals surface area contributed by atoms with Crippen LogP contribution >= 0.6 is 22.6 Å². The Morgan fingerprint density at radius 1 is 1.48 bits per heavy atom. The molecule has 2 atom stereocenters. The number of hydrogen-bond donors (Lipinski definition) is 2. The first-order chi connectivity index (χ1) is 11.8. The van der Waals surface area contributed by atoms with Crippen LogP contribution in [0.5, 0.6) is 0 Å². The van der Waals surface area contributed by atoms with Crippen molar-refractivity contribution in [1.29, 1.82) is 0 Å². The Kier molecular flexibility index (Phi) is 5.47. The van der Waals surface area contributed by atoms with Crippen molar-refractivity contribution in [3.8, 4) is 0 Å². The van der Waals surface area contributed by atoms with E-state index in [2.05, 4.69) is 62.3 Å². The van der Waals surface area contributed by atoms with Crippen molar-refractivity contribution < 1.29 is 9.90 Å². The number of carboxylic acid groups (broad SMARTS) is 1. The maximum absolute atomic E-state index is 11.1. The highest BCUT2D eigenvalue weighted by molar-refractivity contribution is 14.1. The maximum atomic E-state index is 11.1. The van der Waals surface area contributed by atoms with Gasteiger partial charge in [-0.25, -0.2) is 14.8 Å². The minimum Gasteiger partial charge on any atom is -0.465 e. The van der Waals surface area contributed by atoms with Crippen molar-refractivity contribution in [2.24, 2.45) is 5.92 Å². The summed E-state index contributed by atoms with van der Waals surface area (Å²) in [7, 11) is 2.04. The van der Waals surface area contributed by atoms with Crippen molar-refractivity contribution >= 4 is 39.7 Å². The van der Waals surface area contributed by atoms with Crippen LogP contribution in [0, 0.1) is 9.62 Å². The van der Waals surface area contributed by atoms with Gasteiger partial charge in [0.25, 0.3) is 0 Å². The van der Waals surface area contributed by atoms with E-state index in [1.807, 2.05) is 13.2 Å². The normalized spacial score (nSPS) is 21.8. The molecule has 1 fully saturated rings. The summed E-state index contributed by atoms with van der Waals surface area (Å²) in [5, 5.41) is 11.7. The van der Waals surface area contributed by atoms with Crippen LogP contribution in [0.1, 0.15) is 32.1 Å². The second-order valence-electron chi connectivity index (χ2n) is 7.25. The number of halogens is 1. The van der Waals surface area contributed by atoms with Crippen LogP contribution in [0.2, 0.25) is 0 Å². The number of nitrogens with zero attached hydrogens (tertiary/aromatic N) is 4. The van der Waals surface area contributed by atoms with E-state index in [0.717, 1.165) is 46.5 Å². The van der Waals surface area contributed by atoms with Gasteiger partial charge >= 0.3 is 6.09 Å². The SMILES string of the molecule is CC(C)Cc1nc2cnc(I)cc2n1C1CC(NC(=O)O)CN(C)C1. The lowest BCUT2D eigenvalue weighted by Crippen LogP contribution is -2.49. The molecule has 3 rings (SSSR count). The monoisotopic (exact) mass is 457 g/mol. The fraction of sp³-hybridized carbons (Fsp3) is 0.588. The first kappa shape index (κ1) is 18.4. The molecule has 136 valence electrons. The van der Waals surface area contributed by atoms with Gasteiger partial charge in [0.2, 0.25) is 0 Å². The standard InChI is InChI=1S/C17H24IN5O2/c1-10(2)4-16-21-13-7-19-15(18)6-14(13)23(16)12-5-11(20-17(24)25)8-22(3)9-12/h6-7,10-12,20H,4-5,8-9H2,1-3H3,(H,24,25). The van der Waals surface area contributed by atoms with Crippen LogP contribution in [-0.2, 0) is 6.42 Å². The molecule has 2 aromatic rings. The molecule has 2 aromatic heterocycles. The smallest absolute Gasteiger partial charge is 0.404 e. The van der Waals surface area contributed by atoms with Gasteiger partial charge in [-0.2, -0.15) is 0 Å². The zero-order valence-electron chi connectivity index (χ0n) is 14.7. The number of likely N-dealkylation sites (tertiary alicyclic amines) is 1. The predicted molar refractivity (Wildman–Crippen MR) is 105 cm³/mol. The highest BCUT2D eigenvalue weighted by atomic mass is 127. The number of pyridine rings is 1. The number of fused-ring (bicyclic) bond motifs is 1. The van der Waals surface area contributed by atoms with Crippen molar-refractivity contribution in [3.63, 3.8) is 0 Å². The number of carbonyl (C=O) groups is 1. The van der Waals surface area contributed by atoms with Gasteiger partial charge in [0.05, 0.1) is 17.8 Å². The average molecular weight is 457 g/mol. The van der Waals surface area contributed by atoms with Gasteiger partial charge in [0.1, 0.15) is 15.0 Å². The van der Waals surface area contributed by atoms with Crippen molar-refractivity contribution in [1.82, 2.24) is 24.8 Å². The largest absolute Gasteiger partial charge is 0.465 e. The first-order valence-corrected chi connectivity index (χ1v) is 9.61. The highest BCUT2D eigenvalue weighted by Gasteiger charge is 2.30. The molecule has 3 heterocycles. The van der Waals surface area contributed by atoms with Gasteiger partial charge < -0.3 is 19.9 Å². The van der Waals surface area contributed by atoms with Gasteiger partial charge in [0, 0.05) is 25.6 Å². The van der Waals surface area contributed by atoms with Crippen LogP contribution < -0.4 is 5.32 Å². The van der Waals surface area contributed by atoms with E-state index in [0.29, 0.717) is 5.92 Å². The second kappa shape index (κ2) is 7.45.